The highest BCUT2D eigenvalue weighted by Gasteiger charge is 2.25. The number of carbonyl (C=O) groups is 2. The molecule has 1 aliphatic rings. The molecule has 1 amide bonds. The summed E-state index contributed by atoms with van der Waals surface area (Å²) in [4.78, 5) is 26.9. The first-order valence-corrected chi connectivity index (χ1v) is 9.78. The number of carboxylic acid groups (broad SMARTS) is 1. The minimum Gasteiger partial charge on any atom is -0.480 e. The molecule has 0 bridgehead atoms. The van der Waals surface area contributed by atoms with Crippen molar-refractivity contribution in [2.24, 2.45) is 0 Å². The summed E-state index contributed by atoms with van der Waals surface area (Å²) >= 11 is 0. The number of hydrogen-bond donors (Lipinski definition) is 1. The van der Waals surface area contributed by atoms with E-state index in [1.807, 2.05) is 17.0 Å². The molecule has 1 saturated heterocycles. The smallest absolute Gasteiger partial charge is 0.317 e. The number of amides is 1. The monoisotopic (exact) mass is 384 g/mol. The van der Waals surface area contributed by atoms with Crippen molar-refractivity contribution in [3.05, 3.63) is 48.0 Å². The van der Waals surface area contributed by atoms with Crippen LogP contribution < -0.4 is 0 Å². The maximum absolute atomic E-state index is 12.6. The first kappa shape index (κ1) is 20.3. The van der Waals surface area contributed by atoms with E-state index in [-0.39, 0.29) is 18.6 Å². The molecule has 6 nitrogen and oxygen atoms in total. The average molecular weight is 384 g/mol. The zero-order valence-corrected chi connectivity index (χ0v) is 16.3. The van der Waals surface area contributed by atoms with Gasteiger partial charge in [0.05, 0.1) is 19.3 Å². The van der Waals surface area contributed by atoms with Crippen molar-refractivity contribution in [1.82, 2.24) is 9.80 Å². The third-order valence-electron chi connectivity index (χ3n) is 5.08. The van der Waals surface area contributed by atoms with Gasteiger partial charge < -0.3 is 14.7 Å². The lowest BCUT2D eigenvalue weighted by atomic mass is 10.0. The van der Waals surface area contributed by atoms with Crippen LogP contribution in [0.25, 0.3) is 10.8 Å². The van der Waals surface area contributed by atoms with Gasteiger partial charge in [0.1, 0.15) is 0 Å². The highest BCUT2D eigenvalue weighted by molar-refractivity contribution is 5.83. The Morgan fingerprint density at radius 3 is 2.79 bits per heavy atom. The maximum atomic E-state index is 12.6. The molecule has 28 heavy (non-hydrogen) atoms. The van der Waals surface area contributed by atoms with Gasteiger partial charge in [-0.05, 0) is 36.2 Å². The van der Waals surface area contributed by atoms with Gasteiger partial charge in [-0.1, -0.05) is 42.5 Å². The van der Waals surface area contributed by atoms with Gasteiger partial charge in [-0.2, -0.15) is 0 Å². The molecule has 3 rings (SSSR count). The van der Waals surface area contributed by atoms with Crippen molar-refractivity contribution in [2.45, 2.75) is 25.4 Å². The number of fused-ring (bicyclic) bond motifs is 1. The molecule has 1 atom stereocenters. The van der Waals surface area contributed by atoms with Gasteiger partial charge in [0.25, 0.3) is 0 Å². The Hall–Kier alpha value is -2.44. The van der Waals surface area contributed by atoms with Crippen molar-refractivity contribution in [1.29, 1.82) is 0 Å². The van der Waals surface area contributed by atoms with E-state index in [1.54, 1.807) is 11.9 Å². The third kappa shape index (κ3) is 5.78. The van der Waals surface area contributed by atoms with E-state index in [4.69, 9.17) is 9.84 Å². The lowest BCUT2D eigenvalue weighted by Crippen LogP contribution is -2.49. The average Bonchev–Trinajstić information content (AvgIpc) is 2.67. The Bertz CT molecular complexity index is 823. The molecule has 2 aromatic carbocycles. The lowest BCUT2D eigenvalue weighted by Gasteiger charge is -2.34. The minimum atomic E-state index is -0.861. The normalized spacial score (nSPS) is 17.2. The van der Waals surface area contributed by atoms with Gasteiger partial charge >= 0.3 is 5.97 Å². The predicted octanol–water partition coefficient (Wildman–Crippen LogP) is 2.41. The van der Waals surface area contributed by atoms with Gasteiger partial charge in [0.15, 0.2) is 0 Å². The quantitative estimate of drug-likeness (QED) is 0.757. The Morgan fingerprint density at radius 2 is 2.00 bits per heavy atom. The van der Waals surface area contributed by atoms with Crippen molar-refractivity contribution < 1.29 is 19.4 Å². The molecule has 0 spiro atoms. The van der Waals surface area contributed by atoms with E-state index in [0.717, 1.165) is 12.8 Å². The molecular formula is C22H28N2O4. The standard InChI is InChI=1S/C22H28N2O4/c1-23(16-22(26)27)14-20-15-24(11-12-28-20)21(25)8-4-5-17-9-10-18-6-2-3-7-19(18)13-17/h2-3,6-7,9-10,13,20H,4-5,8,11-12,14-16H2,1H3,(H,26,27). The molecule has 150 valence electrons. The van der Waals surface area contributed by atoms with Crippen molar-refractivity contribution in [3.8, 4) is 0 Å². The van der Waals surface area contributed by atoms with Crippen LogP contribution in [-0.2, 0) is 20.7 Å². The number of hydrogen-bond acceptors (Lipinski definition) is 4. The number of aryl methyl sites for hydroxylation is 1. The highest BCUT2D eigenvalue weighted by atomic mass is 16.5. The molecule has 2 aromatic rings. The second-order valence-corrected chi connectivity index (χ2v) is 7.46. The summed E-state index contributed by atoms with van der Waals surface area (Å²) in [5, 5.41) is 11.3. The van der Waals surface area contributed by atoms with Crippen LogP contribution in [0, 0.1) is 0 Å². The van der Waals surface area contributed by atoms with Crippen LogP contribution in [0.15, 0.2) is 42.5 Å². The fourth-order valence-electron chi connectivity index (χ4n) is 3.70. The molecule has 0 aliphatic carbocycles. The molecule has 1 unspecified atom stereocenters. The largest absolute Gasteiger partial charge is 0.480 e. The third-order valence-corrected chi connectivity index (χ3v) is 5.08. The number of morpholine rings is 1. The Kier molecular flexibility index (Phi) is 7.01. The molecule has 1 N–H and O–H groups in total. The molecule has 0 radical (unpaired) electrons. The Balaban J connectivity index is 1.45. The number of rotatable bonds is 8. The molecule has 1 fully saturated rings. The number of carboxylic acids is 1. The molecule has 0 saturated carbocycles. The molecule has 0 aromatic heterocycles. The van der Waals surface area contributed by atoms with Crippen molar-refractivity contribution in [3.63, 3.8) is 0 Å². The fourth-order valence-corrected chi connectivity index (χ4v) is 3.70. The zero-order valence-electron chi connectivity index (χ0n) is 16.3. The zero-order chi connectivity index (χ0) is 19.9. The van der Waals surface area contributed by atoms with Crippen LogP contribution in [0.5, 0.6) is 0 Å². The number of benzene rings is 2. The summed E-state index contributed by atoms with van der Waals surface area (Å²) in [6.07, 6.45) is 2.08. The highest BCUT2D eigenvalue weighted by Crippen LogP contribution is 2.17. The SMILES string of the molecule is CN(CC(=O)O)CC1CN(C(=O)CCCc2ccc3ccccc3c2)CCO1. The van der Waals surface area contributed by atoms with E-state index in [2.05, 4.69) is 30.3 Å². The minimum absolute atomic E-state index is 0.0282. The molecule has 6 heteroatoms. The van der Waals surface area contributed by atoms with E-state index in [0.29, 0.717) is 32.7 Å². The molecule has 1 heterocycles. The predicted molar refractivity (Wildman–Crippen MR) is 108 cm³/mol. The second kappa shape index (κ2) is 9.66. The first-order chi connectivity index (χ1) is 13.5. The topological polar surface area (TPSA) is 70.1 Å². The molecular weight excluding hydrogens is 356 g/mol. The number of carbonyl (C=O) groups excluding carboxylic acids is 1. The summed E-state index contributed by atoms with van der Waals surface area (Å²) in [6, 6.07) is 14.8. The van der Waals surface area contributed by atoms with E-state index >= 15 is 0 Å². The second-order valence-electron chi connectivity index (χ2n) is 7.46. The van der Waals surface area contributed by atoms with Crippen LogP contribution in [0.4, 0.5) is 0 Å². The fraction of sp³-hybridized carbons (Fsp3) is 0.455. The van der Waals surface area contributed by atoms with Crippen LogP contribution in [0.2, 0.25) is 0 Å². The number of aliphatic carboxylic acids is 1. The number of ether oxygens (including phenoxy) is 1. The number of likely N-dealkylation sites (N-methyl/N-ethyl adjacent to an activating group) is 1. The summed E-state index contributed by atoms with van der Waals surface area (Å²) in [5.41, 5.74) is 1.25. The van der Waals surface area contributed by atoms with Gasteiger partial charge in [0.2, 0.25) is 5.91 Å². The Morgan fingerprint density at radius 1 is 1.21 bits per heavy atom. The first-order valence-electron chi connectivity index (χ1n) is 9.78. The van der Waals surface area contributed by atoms with Crippen molar-refractivity contribution in [2.75, 3.05) is 39.8 Å². The van der Waals surface area contributed by atoms with Crippen LogP contribution in [0.3, 0.4) is 0 Å². The summed E-state index contributed by atoms with van der Waals surface area (Å²) < 4.78 is 5.70. The van der Waals surface area contributed by atoms with Gasteiger partial charge in [-0.3, -0.25) is 14.5 Å². The maximum Gasteiger partial charge on any atom is 0.317 e. The summed E-state index contributed by atoms with van der Waals surface area (Å²) in [7, 11) is 1.75. The summed E-state index contributed by atoms with van der Waals surface area (Å²) in [6.45, 7) is 2.11. The van der Waals surface area contributed by atoms with E-state index < -0.39 is 5.97 Å². The number of nitrogens with zero attached hydrogens (tertiary/aromatic N) is 2. The van der Waals surface area contributed by atoms with E-state index in [9.17, 15) is 9.59 Å². The Labute approximate surface area is 165 Å². The molecule has 1 aliphatic heterocycles. The lowest BCUT2D eigenvalue weighted by molar-refractivity contribution is -0.142. The summed E-state index contributed by atoms with van der Waals surface area (Å²) in [5.74, 6) is -0.713. The van der Waals surface area contributed by atoms with Crippen LogP contribution in [-0.4, -0.2) is 72.7 Å². The van der Waals surface area contributed by atoms with Crippen LogP contribution >= 0.6 is 0 Å². The van der Waals surface area contributed by atoms with Crippen LogP contribution in [0.1, 0.15) is 18.4 Å². The van der Waals surface area contributed by atoms with Gasteiger partial charge in [-0.15, -0.1) is 0 Å². The van der Waals surface area contributed by atoms with Crippen molar-refractivity contribution >= 4 is 22.6 Å². The van der Waals surface area contributed by atoms with Gasteiger partial charge in [-0.25, -0.2) is 0 Å². The van der Waals surface area contributed by atoms with Gasteiger partial charge in [0, 0.05) is 26.1 Å². The van der Waals surface area contributed by atoms with E-state index in [1.165, 1.54) is 16.3 Å².